The molecule has 4 N–H and O–H groups in total. The number of carboxylic acids is 1. The third-order valence-corrected chi connectivity index (χ3v) is 4.32. The molecule has 2 unspecified atom stereocenters. The highest BCUT2D eigenvalue weighted by Crippen LogP contribution is 2.32. The number of aromatic carboxylic acids is 1. The molecular formula is C14H18FN3O2. The number of nitrogen functional groups attached to an aromatic ring is 1. The van der Waals surface area contributed by atoms with Crippen molar-refractivity contribution in [3.63, 3.8) is 0 Å². The molecule has 2 aliphatic rings. The van der Waals surface area contributed by atoms with Gasteiger partial charge in [0.15, 0.2) is 0 Å². The van der Waals surface area contributed by atoms with Gasteiger partial charge in [0.05, 0.1) is 16.9 Å². The van der Waals surface area contributed by atoms with Crippen LogP contribution >= 0.6 is 0 Å². The second kappa shape index (κ2) is 4.94. The van der Waals surface area contributed by atoms with E-state index in [1.165, 1.54) is 18.6 Å². The van der Waals surface area contributed by atoms with E-state index in [9.17, 15) is 9.18 Å². The van der Waals surface area contributed by atoms with Crippen molar-refractivity contribution < 1.29 is 14.3 Å². The van der Waals surface area contributed by atoms with Crippen LogP contribution in [0.5, 0.6) is 0 Å². The van der Waals surface area contributed by atoms with Gasteiger partial charge in [-0.1, -0.05) is 0 Å². The Balaban J connectivity index is 1.81. The molecule has 6 heteroatoms. The van der Waals surface area contributed by atoms with Crippen molar-refractivity contribution in [3.05, 3.63) is 23.5 Å². The molecule has 0 amide bonds. The number of rotatable bonds is 3. The molecule has 1 aromatic carbocycles. The van der Waals surface area contributed by atoms with E-state index in [4.69, 9.17) is 10.8 Å². The standard InChI is InChI=1S/C14H18FN3O2/c15-9-7-12(10(16)6-8(9)14(19)20)17-11-3-5-18-4-1-2-13(11)18/h6-7,11,13,17H,1-5,16H2,(H,19,20). The molecule has 2 aliphatic heterocycles. The maximum Gasteiger partial charge on any atom is 0.338 e. The van der Waals surface area contributed by atoms with Crippen LogP contribution < -0.4 is 11.1 Å². The molecule has 3 rings (SSSR count). The normalized spacial score (nSPS) is 25.6. The number of nitrogens with zero attached hydrogens (tertiary/aromatic N) is 1. The minimum Gasteiger partial charge on any atom is -0.478 e. The van der Waals surface area contributed by atoms with Crippen LogP contribution in [-0.4, -0.2) is 41.1 Å². The number of hydrogen-bond acceptors (Lipinski definition) is 4. The van der Waals surface area contributed by atoms with Gasteiger partial charge in [-0.3, -0.25) is 4.90 Å². The second-order valence-corrected chi connectivity index (χ2v) is 5.51. The number of nitrogens with one attached hydrogen (secondary N) is 1. The molecule has 0 radical (unpaired) electrons. The van der Waals surface area contributed by atoms with E-state index in [1.807, 2.05) is 0 Å². The average Bonchev–Trinajstić information content (AvgIpc) is 2.97. The number of nitrogens with two attached hydrogens (primary N) is 1. The highest BCUT2D eigenvalue weighted by Gasteiger charge is 2.37. The van der Waals surface area contributed by atoms with Gasteiger partial charge in [-0.2, -0.15) is 0 Å². The summed E-state index contributed by atoms with van der Waals surface area (Å²) in [6, 6.07) is 3.11. The lowest BCUT2D eigenvalue weighted by Crippen LogP contribution is -2.34. The Hall–Kier alpha value is -1.82. The minimum absolute atomic E-state index is 0.259. The summed E-state index contributed by atoms with van der Waals surface area (Å²) in [5.41, 5.74) is 6.22. The van der Waals surface area contributed by atoms with E-state index in [1.54, 1.807) is 0 Å². The van der Waals surface area contributed by atoms with Crippen molar-refractivity contribution in [2.24, 2.45) is 0 Å². The number of halogens is 1. The van der Waals surface area contributed by atoms with Crippen LogP contribution in [0.2, 0.25) is 0 Å². The Morgan fingerprint density at radius 3 is 2.95 bits per heavy atom. The molecule has 2 heterocycles. The lowest BCUT2D eigenvalue weighted by atomic mass is 10.1. The zero-order valence-corrected chi connectivity index (χ0v) is 11.1. The topological polar surface area (TPSA) is 78.6 Å². The number of fused-ring (bicyclic) bond motifs is 1. The molecule has 0 bridgehead atoms. The van der Waals surface area contributed by atoms with Crippen molar-refractivity contribution in [1.82, 2.24) is 4.90 Å². The van der Waals surface area contributed by atoms with Gasteiger partial charge in [-0.05, 0) is 37.9 Å². The Morgan fingerprint density at radius 2 is 2.20 bits per heavy atom. The summed E-state index contributed by atoms with van der Waals surface area (Å²) in [5.74, 6) is -2.06. The lowest BCUT2D eigenvalue weighted by Gasteiger charge is -2.23. The number of carbonyl (C=O) groups is 1. The highest BCUT2D eigenvalue weighted by atomic mass is 19.1. The summed E-state index contributed by atoms with van der Waals surface area (Å²) in [5, 5.41) is 12.2. The van der Waals surface area contributed by atoms with Gasteiger partial charge >= 0.3 is 5.97 Å². The van der Waals surface area contributed by atoms with Gasteiger partial charge in [0, 0.05) is 18.6 Å². The number of benzene rings is 1. The molecule has 0 aliphatic carbocycles. The molecule has 2 fully saturated rings. The Morgan fingerprint density at radius 1 is 1.40 bits per heavy atom. The van der Waals surface area contributed by atoms with E-state index in [0.717, 1.165) is 25.9 Å². The summed E-state index contributed by atoms with van der Waals surface area (Å²) in [4.78, 5) is 13.3. The first kappa shape index (κ1) is 13.2. The minimum atomic E-state index is -1.30. The van der Waals surface area contributed by atoms with E-state index >= 15 is 0 Å². The molecular weight excluding hydrogens is 261 g/mol. The van der Waals surface area contributed by atoms with Crippen molar-refractivity contribution >= 4 is 17.3 Å². The van der Waals surface area contributed by atoms with Crippen LogP contribution in [0.4, 0.5) is 15.8 Å². The van der Waals surface area contributed by atoms with Crippen LogP contribution in [0.1, 0.15) is 29.6 Å². The monoisotopic (exact) mass is 279 g/mol. The molecule has 0 spiro atoms. The third kappa shape index (κ3) is 2.20. The van der Waals surface area contributed by atoms with Crippen molar-refractivity contribution in [2.75, 3.05) is 24.1 Å². The first-order valence-corrected chi connectivity index (χ1v) is 6.89. The fraction of sp³-hybridized carbons (Fsp3) is 0.500. The maximum atomic E-state index is 13.7. The van der Waals surface area contributed by atoms with Gasteiger partial charge in [-0.15, -0.1) is 0 Å². The molecule has 108 valence electrons. The number of hydrogen-bond donors (Lipinski definition) is 3. The number of anilines is 2. The summed E-state index contributed by atoms with van der Waals surface area (Å²) >= 11 is 0. The van der Waals surface area contributed by atoms with Crippen molar-refractivity contribution in [2.45, 2.75) is 31.3 Å². The van der Waals surface area contributed by atoms with Crippen LogP contribution in [0.15, 0.2) is 12.1 Å². The van der Waals surface area contributed by atoms with Crippen LogP contribution in [0.25, 0.3) is 0 Å². The van der Waals surface area contributed by atoms with E-state index in [-0.39, 0.29) is 17.3 Å². The van der Waals surface area contributed by atoms with Crippen LogP contribution in [-0.2, 0) is 0 Å². The van der Waals surface area contributed by atoms with Crippen LogP contribution in [0.3, 0.4) is 0 Å². The predicted molar refractivity (Wildman–Crippen MR) is 74.4 cm³/mol. The fourth-order valence-electron chi connectivity index (χ4n) is 3.33. The summed E-state index contributed by atoms with van der Waals surface area (Å²) < 4.78 is 13.7. The largest absolute Gasteiger partial charge is 0.478 e. The Labute approximate surface area is 116 Å². The van der Waals surface area contributed by atoms with Gasteiger partial charge in [0.25, 0.3) is 0 Å². The van der Waals surface area contributed by atoms with Gasteiger partial charge in [-0.25, -0.2) is 9.18 Å². The molecule has 20 heavy (non-hydrogen) atoms. The Kier molecular flexibility index (Phi) is 3.25. The first-order valence-electron chi connectivity index (χ1n) is 6.89. The lowest BCUT2D eigenvalue weighted by molar-refractivity contribution is 0.0692. The average molecular weight is 279 g/mol. The predicted octanol–water partition coefficient (Wildman–Crippen LogP) is 1.75. The molecule has 2 atom stereocenters. The van der Waals surface area contributed by atoms with E-state index in [0.29, 0.717) is 11.7 Å². The first-order chi connectivity index (χ1) is 9.56. The quantitative estimate of drug-likeness (QED) is 0.735. The number of carboxylic acid groups (broad SMARTS) is 1. The molecule has 0 aromatic heterocycles. The molecule has 0 saturated carbocycles. The van der Waals surface area contributed by atoms with Gasteiger partial charge in [0.2, 0.25) is 0 Å². The van der Waals surface area contributed by atoms with Gasteiger partial charge < -0.3 is 16.2 Å². The fourth-order valence-corrected chi connectivity index (χ4v) is 3.33. The van der Waals surface area contributed by atoms with E-state index < -0.39 is 11.8 Å². The molecule has 5 nitrogen and oxygen atoms in total. The van der Waals surface area contributed by atoms with Crippen molar-refractivity contribution in [3.8, 4) is 0 Å². The SMILES string of the molecule is Nc1cc(C(=O)O)c(F)cc1NC1CCN2CCCC12. The maximum absolute atomic E-state index is 13.7. The molecule has 1 aromatic rings. The zero-order chi connectivity index (χ0) is 14.3. The highest BCUT2D eigenvalue weighted by molar-refractivity contribution is 5.90. The second-order valence-electron chi connectivity index (χ2n) is 5.51. The Bertz CT molecular complexity index is 549. The third-order valence-electron chi connectivity index (χ3n) is 4.32. The smallest absolute Gasteiger partial charge is 0.338 e. The summed E-state index contributed by atoms with van der Waals surface area (Å²) in [6.45, 7) is 2.18. The summed E-state index contributed by atoms with van der Waals surface area (Å²) in [6.07, 6.45) is 3.35. The summed E-state index contributed by atoms with van der Waals surface area (Å²) in [7, 11) is 0. The zero-order valence-electron chi connectivity index (χ0n) is 11.1. The van der Waals surface area contributed by atoms with E-state index in [2.05, 4.69) is 10.2 Å². The van der Waals surface area contributed by atoms with Gasteiger partial charge in [0.1, 0.15) is 5.82 Å². The van der Waals surface area contributed by atoms with Crippen molar-refractivity contribution in [1.29, 1.82) is 0 Å². The van der Waals surface area contributed by atoms with Crippen LogP contribution in [0, 0.1) is 5.82 Å². The molecule has 2 saturated heterocycles.